The Kier molecular flexibility index (Phi) is 3.53. The second-order valence-electron chi connectivity index (χ2n) is 4.88. The van der Waals surface area contributed by atoms with Crippen LogP contribution in [0.1, 0.15) is 20.3 Å². The predicted molar refractivity (Wildman–Crippen MR) is 76.3 cm³/mol. The van der Waals surface area contributed by atoms with Crippen LogP contribution in [0, 0.1) is 5.82 Å². The molecule has 120 valence electrons. The Hall–Kier alpha value is -2.57. The van der Waals surface area contributed by atoms with Gasteiger partial charge in [0.05, 0.1) is 21.3 Å². The van der Waals surface area contributed by atoms with Gasteiger partial charge in [-0.1, -0.05) is 6.07 Å². The molecule has 1 aliphatic rings. The Morgan fingerprint density at radius 2 is 2.13 bits per heavy atom. The fraction of sp³-hybridized carbons (Fsp3) is 0.250. The molecule has 23 heavy (non-hydrogen) atoms. The van der Waals surface area contributed by atoms with Gasteiger partial charge in [-0.25, -0.2) is 18.0 Å². The minimum atomic E-state index is -2.97. The summed E-state index contributed by atoms with van der Waals surface area (Å²) in [5, 5.41) is 0. The lowest BCUT2D eigenvalue weighted by atomic mass is 10.0. The van der Waals surface area contributed by atoms with Gasteiger partial charge in [0.25, 0.3) is 6.43 Å². The number of carbonyl (C=O) groups is 1. The highest BCUT2D eigenvalue weighted by atomic mass is 19.3. The predicted octanol–water partition coefficient (Wildman–Crippen LogP) is 3.78. The first-order chi connectivity index (χ1) is 11.8. The van der Waals surface area contributed by atoms with Gasteiger partial charge in [-0.3, -0.25) is 4.98 Å². The van der Waals surface area contributed by atoms with Crippen LogP contribution in [0.4, 0.5) is 18.0 Å². The smallest absolute Gasteiger partial charge is 0.410 e. The molecule has 1 aromatic carbocycles. The summed E-state index contributed by atoms with van der Waals surface area (Å²) in [6.07, 6.45) is -1.16. The van der Waals surface area contributed by atoms with E-state index in [1.54, 1.807) is 0 Å². The van der Waals surface area contributed by atoms with E-state index in [1.165, 1.54) is 24.5 Å². The molecular weight excluding hydrogens is 309 g/mol. The van der Waals surface area contributed by atoms with Crippen molar-refractivity contribution in [2.75, 3.05) is 13.2 Å². The summed E-state index contributed by atoms with van der Waals surface area (Å²) in [6, 6.07) is 4.62. The van der Waals surface area contributed by atoms with Crippen molar-refractivity contribution < 1.29 is 25.4 Å². The van der Waals surface area contributed by atoms with Crippen LogP contribution in [0.15, 0.2) is 36.7 Å². The van der Waals surface area contributed by atoms with E-state index in [0.29, 0.717) is 5.56 Å². The first-order valence-electron chi connectivity index (χ1n) is 7.78. The van der Waals surface area contributed by atoms with Crippen LogP contribution >= 0.6 is 0 Å². The van der Waals surface area contributed by atoms with E-state index in [9.17, 15) is 18.0 Å². The zero-order valence-corrected chi connectivity index (χ0v) is 11.8. The topological polar surface area (TPSA) is 42.4 Å². The highest BCUT2D eigenvalue weighted by molar-refractivity contribution is 5.69. The maximum absolute atomic E-state index is 13.4. The highest BCUT2D eigenvalue weighted by Gasteiger charge is 2.22. The van der Waals surface area contributed by atoms with Crippen LogP contribution in [0.2, 0.25) is 0 Å². The lowest BCUT2D eigenvalue weighted by Gasteiger charge is -2.13. The van der Waals surface area contributed by atoms with E-state index in [2.05, 4.69) is 4.98 Å². The van der Waals surface area contributed by atoms with Gasteiger partial charge in [0.15, 0.2) is 0 Å². The van der Waals surface area contributed by atoms with Gasteiger partial charge < -0.3 is 9.64 Å². The maximum Gasteiger partial charge on any atom is 0.410 e. The zero-order valence-electron chi connectivity index (χ0n) is 13.8. The number of cyclic esters (lactones) is 1. The lowest BCUT2D eigenvalue weighted by molar-refractivity contribution is 0.146. The molecule has 7 heteroatoms. The lowest BCUT2D eigenvalue weighted by Crippen LogP contribution is -2.23. The van der Waals surface area contributed by atoms with Crippen LogP contribution in [0.5, 0.6) is 0 Å². The number of halogens is 3. The molecule has 0 N–H and O–H groups in total. The van der Waals surface area contributed by atoms with Gasteiger partial charge in [0.2, 0.25) is 0 Å². The number of carbonyl (C=O) groups excluding carboxylic acids is 1. The molecule has 1 saturated heterocycles. The van der Waals surface area contributed by atoms with Gasteiger partial charge >= 0.3 is 6.09 Å². The Morgan fingerprint density at radius 3 is 2.83 bits per heavy atom. The minimum Gasteiger partial charge on any atom is -0.448 e. The summed E-state index contributed by atoms with van der Waals surface area (Å²) in [5.74, 6) is -1.02. The van der Waals surface area contributed by atoms with Gasteiger partial charge in [-0.05, 0) is 29.3 Å². The zero-order chi connectivity index (χ0) is 18.2. The summed E-state index contributed by atoms with van der Waals surface area (Å²) < 4.78 is 60.3. The molecular formula is C16H13F3N2O2. The van der Waals surface area contributed by atoms with E-state index < -0.39 is 30.4 Å². The van der Waals surface area contributed by atoms with Crippen molar-refractivity contribution in [1.29, 1.82) is 0 Å². The summed E-state index contributed by atoms with van der Waals surface area (Å²) in [6.45, 7) is -2.01. The van der Waals surface area contributed by atoms with E-state index >= 15 is 0 Å². The summed E-state index contributed by atoms with van der Waals surface area (Å²) in [5.41, 5.74) is -0.0810. The molecule has 2 heterocycles. The van der Waals surface area contributed by atoms with E-state index in [-0.39, 0.29) is 24.3 Å². The average molecular weight is 324 g/mol. The van der Waals surface area contributed by atoms with Crippen LogP contribution in [-0.4, -0.2) is 29.1 Å². The molecule has 0 radical (unpaired) electrons. The molecule has 2 aromatic rings. The Morgan fingerprint density at radius 1 is 1.30 bits per heavy atom. The molecule has 0 aliphatic carbocycles. The largest absolute Gasteiger partial charge is 0.448 e. The highest BCUT2D eigenvalue weighted by Crippen LogP contribution is 2.28. The number of amides is 1. The monoisotopic (exact) mass is 324 g/mol. The number of alkyl halides is 2. The molecule has 0 saturated carbocycles. The molecule has 4 nitrogen and oxygen atoms in total. The van der Waals surface area contributed by atoms with Crippen molar-refractivity contribution >= 4 is 6.09 Å². The van der Waals surface area contributed by atoms with Crippen molar-refractivity contribution in [2.45, 2.75) is 12.9 Å². The third-order valence-corrected chi connectivity index (χ3v) is 3.33. The van der Waals surface area contributed by atoms with Crippen molar-refractivity contribution in [1.82, 2.24) is 9.88 Å². The summed E-state index contributed by atoms with van der Waals surface area (Å²) >= 11 is 0. The normalized spacial score (nSPS) is 16.3. The number of aromatic nitrogens is 1. The number of nitrogens with zero attached hydrogens (tertiary/aromatic N) is 2. The van der Waals surface area contributed by atoms with Crippen molar-refractivity contribution in [3.8, 4) is 11.1 Å². The number of benzene rings is 1. The third-order valence-electron chi connectivity index (χ3n) is 3.33. The number of ether oxygens (including phenoxy) is 1. The summed E-state index contributed by atoms with van der Waals surface area (Å²) in [4.78, 5) is 16.5. The van der Waals surface area contributed by atoms with Crippen molar-refractivity contribution in [3.63, 3.8) is 0 Å². The van der Waals surface area contributed by atoms with Gasteiger partial charge in [0.1, 0.15) is 12.4 Å². The molecule has 0 atom stereocenters. The number of pyridine rings is 1. The standard InChI is InChI=1S/C16H13F3N2O2/c17-14-2-1-11(6-13(14)15(18)19)12-5-10(7-20-8-12)9-21-3-4-23-16(21)22/h1-2,5-8,15H,3-4,9H2/i9D2. The fourth-order valence-corrected chi connectivity index (χ4v) is 2.20. The Bertz CT molecular complexity index is 818. The number of hydrogen-bond acceptors (Lipinski definition) is 3. The Balaban J connectivity index is 2.00. The molecule has 0 spiro atoms. The van der Waals surface area contributed by atoms with Crippen LogP contribution in [0.3, 0.4) is 0 Å². The van der Waals surface area contributed by atoms with Crippen LogP contribution < -0.4 is 0 Å². The summed E-state index contributed by atoms with van der Waals surface area (Å²) in [7, 11) is 0. The SMILES string of the molecule is [2H]C([2H])(c1cncc(-c2ccc(F)c(C(F)F)c2)c1)N1CCOC1=O. The van der Waals surface area contributed by atoms with Crippen LogP contribution in [0.25, 0.3) is 11.1 Å². The Labute approximate surface area is 133 Å². The number of hydrogen-bond donors (Lipinski definition) is 0. The minimum absolute atomic E-state index is 0.0618. The van der Waals surface area contributed by atoms with E-state index in [0.717, 1.165) is 17.0 Å². The average Bonchev–Trinajstić information content (AvgIpc) is 3.02. The quantitative estimate of drug-likeness (QED) is 0.859. The second kappa shape index (κ2) is 6.28. The van der Waals surface area contributed by atoms with Gasteiger partial charge in [-0.2, -0.15) is 0 Å². The molecule has 1 amide bonds. The fourth-order valence-electron chi connectivity index (χ4n) is 2.20. The molecule has 1 aromatic heterocycles. The molecule has 1 fully saturated rings. The van der Waals surface area contributed by atoms with Gasteiger partial charge in [-0.15, -0.1) is 0 Å². The van der Waals surface area contributed by atoms with Crippen molar-refractivity contribution in [3.05, 3.63) is 53.6 Å². The second-order valence-corrected chi connectivity index (χ2v) is 4.88. The van der Waals surface area contributed by atoms with E-state index in [4.69, 9.17) is 7.48 Å². The first kappa shape index (κ1) is 12.9. The maximum atomic E-state index is 13.4. The van der Waals surface area contributed by atoms with E-state index in [1.807, 2.05) is 0 Å². The molecule has 1 aliphatic heterocycles. The van der Waals surface area contributed by atoms with Crippen LogP contribution in [-0.2, 0) is 11.2 Å². The molecule has 0 unspecified atom stereocenters. The molecule has 0 bridgehead atoms. The molecule has 3 rings (SSSR count). The number of rotatable bonds is 4. The first-order valence-corrected chi connectivity index (χ1v) is 6.78. The van der Waals surface area contributed by atoms with Crippen molar-refractivity contribution in [2.24, 2.45) is 0 Å². The van der Waals surface area contributed by atoms with Gasteiger partial charge in [0, 0.05) is 18.0 Å². The third kappa shape index (κ3) is 3.28.